The lowest BCUT2D eigenvalue weighted by atomic mass is 10.2. The quantitative estimate of drug-likeness (QED) is 0.537. The van der Waals surface area contributed by atoms with Gasteiger partial charge in [0.25, 0.3) is 0 Å². The van der Waals surface area contributed by atoms with Crippen molar-refractivity contribution in [2.45, 2.75) is 0 Å². The monoisotopic (exact) mass is 291 g/mol. The van der Waals surface area contributed by atoms with Gasteiger partial charge in [0.2, 0.25) is 0 Å². The molecule has 1 heterocycles. The Labute approximate surface area is 86.9 Å². The van der Waals surface area contributed by atoms with Crippen LogP contribution in [0.25, 0.3) is 10.9 Å². The molecule has 0 unspecified atom stereocenters. The highest BCUT2D eigenvalue weighted by Gasteiger charge is 2.10. The molecule has 2 rings (SSSR count). The van der Waals surface area contributed by atoms with Crippen LogP contribution in [0.3, 0.4) is 0 Å². The van der Waals surface area contributed by atoms with Gasteiger partial charge in [0, 0.05) is 11.6 Å². The molecule has 0 amide bonds. The van der Waals surface area contributed by atoms with Gasteiger partial charge in [-0.05, 0) is 40.8 Å². The van der Waals surface area contributed by atoms with E-state index >= 15 is 0 Å². The minimum Gasteiger partial charge on any atom is -0.253 e. The van der Waals surface area contributed by atoms with E-state index in [1.807, 2.05) is 0 Å². The fourth-order valence-corrected chi connectivity index (χ4v) is 1.71. The zero-order valence-electron chi connectivity index (χ0n) is 6.39. The molecule has 0 aliphatic heterocycles. The summed E-state index contributed by atoms with van der Waals surface area (Å²) in [5.74, 6) is -0.897. The van der Waals surface area contributed by atoms with E-state index in [2.05, 4.69) is 4.98 Å². The number of pyridine rings is 1. The summed E-state index contributed by atoms with van der Waals surface area (Å²) in [6.45, 7) is 0. The molecule has 2 aromatic rings. The highest BCUT2D eigenvalue weighted by Crippen LogP contribution is 2.23. The summed E-state index contributed by atoms with van der Waals surface area (Å²) in [7, 11) is 0. The summed E-state index contributed by atoms with van der Waals surface area (Å²) in [6.07, 6.45) is 1.44. The Morgan fingerprint density at radius 1 is 1.31 bits per heavy atom. The van der Waals surface area contributed by atoms with Crippen LogP contribution in [0.1, 0.15) is 0 Å². The molecule has 1 aromatic carbocycles. The van der Waals surface area contributed by atoms with Gasteiger partial charge < -0.3 is 0 Å². The molecule has 0 saturated carbocycles. The number of halogens is 3. The molecule has 0 aliphatic carbocycles. The van der Waals surface area contributed by atoms with Crippen LogP contribution in [-0.4, -0.2) is 4.98 Å². The van der Waals surface area contributed by atoms with Crippen molar-refractivity contribution in [3.8, 4) is 0 Å². The molecular weight excluding hydrogens is 287 g/mol. The van der Waals surface area contributed by atoms with Crippen LogP contribution in [0.15, 0.2) is 24.4 Å². The minimum atomic E-state index is -0.485. The molecule has 1 aromatic heterocycles. The summed E-state index contributed by atoms with van der Waals surface area (Å²) in [4.78, 5) is 3.76. The molecule has 66 valence electrons. The highest BCUT2D eigenvalue weighted by molar-refractivity contribution is 14.1. The standard InChI is InChI=1S/C9H4F2IN/c10-6-4-7(12)8(11)5-2-1-3-13-9(5)6/h1-4H. The van der Waals surface area contributed by atoms with Gasteiger partial charge in [-0.15, -0.1) is 0 Å². The van der Waals surface area contributed by atoms with E-state index in [1.54, 1.807) is 28.7 Å². The van der Waals surface area contributed by atoms with E-state index < -0.39 is 11.6 Å². The number of hydrogen-bond donors (Lipinski definition) is 0. The summed E-state index contributed by atoms with van der Waals surface area (Å²) < 4.78 is 26.8. The predicted molar refractivity (Wildman–Crippen MR) is 54.4 cm³/mol. The lowest BCUT2D eigenvalue weighted by molar-refractivity contribution is 0.609. The Kier molecular flexibility index (Phi) is 2.15. The fraction of sp³-hybridized carbons (Fsp3) is 0. The average Bonchev–Trinajstić information content (AvgIpc) is 2.15. The number of rotatable bonds is 0. The maximum absolute atomic E-state index is 13.4. The van der Waals surface area contributed by atoms with Crippen LogP contribution in [0.2, 0.25) is 0 Å². The maximum atomic E-state index is 13.4. The van der Waals surface area contributed by atoms with E-state index in [4.69, 9.17) is 0 Å². The van der Waals surface area contributed by atoms with Crippen molar-refractivity contribution in [3.63, 3.8) is 0 Å². The van der Waals surface area contributed by atoms with E-state index in [1.165, 1.54) is 12.3 Å². The molecule has 0 fully saturated rings. The number of aromatic nitrogens is 1. The summed E-state index contributed by atoms with van der Waals surface area (Å²) in [5.41, 5.74) is 0.0837. The third-order valence-electron chi connectivity index (χ3n) is 1.73. The second-order valence-corrected chi connectivity index (χ2v) is 3.72. The molecule has 0 bridgehead atoms. The van der Waals surface area contributed by atoms with Gasteiger partial charge in [-0.25, -0.2) is 8.78 Å². The first-order valence-corrected chi connectivity index (χ1v) is 4.66. The maximum Gasteiger partial charge on any atom is 0.150 e. The summed E-state index contributed by atoms with van der Waals surface area (Å²) in [5, 5.41) is 0.229. The van der Waals surface area contributed by atoms with Crippen molar-refractivity contribution in [2.24, 2.45) is 0 Å². The number of hydrogen-bond acceptors (Lipinski definition) is 1. The van der Waals surface area contributed by atoms with Gasteiger partial charge >= 0.3 is 0 Å². The third-order valence-corrected chi connectivity index (χ3v) is 2.52. The third kappa shape index (κ3) is 1.39. The van der Waals surface area contributed by atoms with Gasteiger partial charge in [0.1, 0.15) is 11.3 Å². The topological polar surface area (TPSA) is 12.9 Å². The van der Waals surface area contributed by atoms with Crippen LogP contribution in [0.5, 0.6) is 0 Å². The smallest absolute Gasteiger partial charge is 0.150 e. The molecule has 4 heteroatoms. The lowest BCUT2D eigenvalue weighted by Gasteiger charge is -2.01. The highest BCUT2D eigenvalue weighted by atomic mass is 127. The number of benzene rings is 1. The first-order valence-electron chi connectivity index (χ1n) is 3.58. The molecule has 1 nitrogen and oxygen atoms in total. The van der Waals surface area contributed by atoms with E-state index in [0.29, 0.717) is 0 Å². The van der Waals surface area contributed by atoms with Crippen LogP contribution in [-0.2, 0) is 0 Å². The van der Waals surface area contributed by atoms with Gasteiger partial charge in [0.15, 0.2) is 5.82 Å². The molecule has 0 spiro atoms. The van der Waals surface area contributed by atoms with Crippen LogP contribution in [0.4, 0.5) is 8.78 Å². The van der Waals surface area contributed by atoms with Crippen molar-refractivity contribution in [1.29, 1.82) is 0 Å². The molecule has 0 N–H and O–H groups in total. The normalized spacial score (nSPS) is 10.7. The van der Waals surface area contributed by atoms with Crippen molar-refractivity contribution < 1.29 is 8.78 Å². The van der Waals surface area contributed by atoms with Crippen molar-refractivity contribution >= 4 is 33.5 Å². The molecule has 0 saturated heterocycles. The van der Waals surface area contributed by atoms with E-state index in [-0.39, 0.29) is 14.5 Å². The Morgan fingerprint density at radius 2 is 2.08 bits per heavy atom. The molecule has 13 heavy (non-hydrogen) atoms. The molecule has 0 atom stereocenters. The number of nitrogens with zero attached hydrogens (tertiary/aromatic N) is 1. The Balaban J connectivity index is 2.97. The SMILES string of the molecule is Fc1c(I)cc(F)c2ncccc12. The largest absolute Gasteiger partial charge is 0.253 e. The zero-order valence-corrected chi connectivity index (χ0v) is 8.55. The fourth-order valence-electron chi connectivity index (χ4n) is 1.14. The first-order chi connectivity index (χ1) is 6.20. The van der Waals surface area contributed by atoms with Gasteiger partial charge in [-0.3, -0.25) is 4.98 Å². The summed E-state index contributed by atoms with van der Waals surface area (Å²) in [6, 6.07) is 4.25. The summed E-state index contributed by atoms with van der Waals surface area (Å²) >= 11 is 1.76. The minimum absolute atomic E-state index is 0.0837. The van der Waals surface area contributed by atoms with E-state index in [9.17, 15) is 8.78 Å². The van der Waals surface area contributed by atoms with Crippen LogP contribution in [0, 0.1) is 15.2 Å². The lowest BCUT2D eigenvalue weighted by Crippen LogP contribution is -1.91. The Hall–Kier alpha value is -0.780. The molecule has 0 radical (unpaired) electrons. The molecular formula is C9H4F2IN. The second kappa shape index (κ2) is 3.17. The van der Waals surface area contributed by atoms with Crippen molar-refractivity contribution in [2.75, 3.05) is 0 Å². The average molecular weight is 291 g/mol. The second-order valence-electron chi connectivity index (χ2n) is 2.55. The zero-order chi connectivity index (χ0) is 9.42. The van der Waals surface area contributed by atoms with Gasteiger partial charge in [-0.1, -0.05) is 0 Å². The predicted octanol–water partition coefficient (Wildman–Crippen LogP) is 3.12. The first kappa shape index (κ1) is 8.80. The van der Waals surface area contributed by atoms with Crippen molar-refractivity contribution in [1.82, 2.24) is 4.98 Å². The number of fused-ring (bicyclic) bond motifs is 1. The Bertz CT molecular complexity index is 470. The van der Waals surface area contributed by atoms with E-state index in [0.717, 1.165) is 6.07 Å². The van der Waals surface area contributed by atoms with Crippen LogP contribution < -0.4 is 0 Å². The van der Waals surface area contributed by atoms with Crippen molar-refractivity contribution in [3.05, 3.63) is 39.6 Å². The van der Waals surface area contributed by atoms with Gasteiger partial charge in [0.05, 0.1) is 3.57 Å². The Morgan fingerprint density at radius 3 is 2.85 bits per heavy atom. The van der Waals surface area contributed by atoms with Crippen LogP contribution >= 0.6 is 22.6 Å². The van der Waals surface area contributed by atoms with Gasteiger partial charge in [-0.2, -0.15) is 0 Å². The molecule has 0 aliphatic rings.